The first kappa shape index (κ1) is 50.3. The van der Waals surface area contributed by atoms with Crippen LogP contribution in [0.3, 0.4) is 0 Å². The number of fused-ring (bicyclic) bond motifs is 8. The molecule has 0 heterocycles. The molecule has 1 aliphatic rings. The summed E-state index contributed by atoms with van der Waals surface area (Å²) < 4.78 is 0. The predicted molar refractivity (Wildman–Crippen MR) is 267 cm³/mol. The molecule has 0 spiro atoms. The first-order valence-electron chi connectivity index (χ1n) is 19.4. The van der Waals surface area contributed by atoms with Crippen LogP contribution < -0.4 is 0 Å². The van der Waals surface area contributed by atoms with Crippen molar-refractivity contribution in [1.29, 1.82) is 0 Å². The minimum absolute atomic E-state index is 0.557. The van der Waals surface area contributed by atoms with Gasteiger partial charge in [0, 0.05) is 44.8 Å². The molecule has 0 atom stereocenters. The maximum absolute atomic E-state index is 5.05. The fourth-order valence-electron chi connectivity index (χ4n) is 9.19. The van der Waals surface area contributed by atoms with E-state index in [-0.39, 0.29) is 0 Å². The van der Waals surface area contributed by atoms with E-state index in [9.17, 15) is 0 Å². The van der Waals surface area contributed by atoms with E-state index in [2.05, 4.69) is 147 Å². The fraction of sp³-hybridized carbons (Fsp3) is 0.500. The Labute approximate surface area is 393 Å². The third-order valence-corrected chi connectivity index (χ3v) is 16.3. The van der Waals surface area contributed by atoms with Crippen molar-refractivity contribution in [1.82, 2.24) is 0 Å². The molecule has 0 unspecified atom stereocenters. The van der Waals surface area contributed by atoms with Crippen LogP contribution in [0.5, 0.6) is 0 Å². The smallest absolute Gasteiger partial charge is 0.0359 e. The molecule has 1 aliphatic carbocycles. The van der Waals surface area contributed by atoms with Crippen LogP contribution in [0, 0.1) is 83.1 Å². The highest BCUT2D eigenvalue weighted by molar-refractivity contribution is 9.09. The van der Waals surface area contributed by atoms with E-state index in [0.717, 1.165) is 47.0 Å². The average Bonchev–Trinajstić information content (AvgIpc) is 3.17. The molecule has 0 saturated heterocycles. The molecule has 0 fully saturated rings. The van der Waals surface area contributed by atoms with Crippen molar-refractivity contribution in [2.24, 2.45) is 0 Å². The van der Waals surface area contributed by atoms with Gasteiger partial charge in [-0.3, -0.25) is 0 Å². The SMILES string of the molecule is Cc1c(CBr)c(C)c2c(C)c1Cc1c(C)c(CBr)c(C)c(c1C)Cc1c(C)c(CBr)c(C)c(c1C)Cc1c(C)c(CBr)c(C)c(c1C)C2.ClCCCl.ClCCCl. The van der Waals surface area contributed by atoms with Crippen molar-refractivity contribution < 1.29 is 0 Å². The van der Waals surface area contributed by atoms with Gasteiger partial charge in [0.05, 0.1) is 0 Å². The normalized spacial score (nSPS) is 12.2. The number of alkyl halides is 8. The number of hydrogen-bond acceptors (Lipinski definition) is 0. The standard InChI is InChI=1S/C44H52Br4.2C2H4Cl2/c1-21-33-13-35-22(2)37(29(9)42(18-46)27(35)7)15-39-24(4)40(32(12)44(20-48)31(39)11)16-38-23(3)36(28(8)43(19-47)30(38)10)14-34(21)26(6)41(17-45)25(33)5;2*3-1-2-4/h13-20H2,1-12H3;2*1-2H2. The number of hydrogen-bond donors (Lipinski definition) is 0. The molecule has 4 aromatic rings. The van der Waals surface area contributed by atoms with E-state index < -0.39 is 0 Å². The van der Waals surface area contributed by atoms with E-state index in [0.29, 0.717) is 23.5 Å². The third-order valence-electron chi connectivity index (χ3n) is 13.0. The minimum atomic E-state index is 0.557. The molecule has 0 saturated carbocycles. The van der Waals surface area contributed by atoms with E-state index in [1.165, 1.54) is 134 Å². The van der Waals surface area contributed by atoms with Crippen molar-refractivity contribution in [2.75, 3.05) is 23.5 Å². The summed E-state index contributed by atoms with van der Waals surface area (Å²) in [6.07, 6.45) is 3.85. The maximum atomic E-state index is 5.05. The molecule has 56 heavy (non-hydrogen) atoms. The predicted octanol–water partition coefficient (Wildman–Crippen LogP) is 16.6. The Morgan fingerprint density at radius 3 is 0.482 bits per heavy atom. The lowest BCUT2D eigenvalue weighted by Crippen LogP contribution is -2.16. The van der Waals surface area contributed by atoms with Crippen molar-refractivity contribution in [3.05, 3.63) is 134 Å². The number of benzene rings is 4. The molecule has 0 aliphatic heterocycles. The van der Waals surface area contributed by atoms with Gasteiger partial charge in [0.2, 0.25) is 0 Å². The van der Waals surface area contributed by atoms with Crippen molar-refractivity contribution in [2.45, 2.75) is 130 Å². The van der Waals surface area contributed by atoms with Gasteiger partial charge in [0.1, 0.15) is 0 Å². The lowest BCUT2D eigenvalue weighted by atomic mass is 9.76. The monoisotopic (exact) mass is 1090 g/mol. The van der Waals surface area contributed by atoms with Crippen LogP contribution in [0.1, 0.15) is 134 Å². The summed E-state index contributed by atoms with van der Waals surface area (Å²) in [4.78, 5) is 0. The molecule has 0 nitrogen and oxygen atoms in total. The van der Waals surface area contributed by atoms with Gasteiger partial charge in [-0.1, -0.05) is 63.7 Å². The molecule has 8 heteroatoms. The molecule has 4 aromatic carbocycles. The number of halogens is 8. The Balaban J connectivity index is 0.000000959. The summed E-state index contributed by atoms with van der Waals surface area (Å²) in [5.74, 6) is 2.23. The quantitative estimate of drug-likeness (QED) is 0.149. The second kappa shape index (κ2) is 22.7. The molecule has 0 amide bonds. The van der Waals surface area contributed by atoms with E-state index in [1.807, 2.05) is 0 Å². The van der Waals surface area contributed by atoms with Crippen LogP contribution in [-0.2, 0) is 47.0 Å². The molecule has 0 aromatic heterocycles. The Bertz CT molecular complexity index is 1650. The summed E-state index contributed by atoms with van der Waals surface area (Å²) in [5, 5.41) is 3.50. The van der Waals surface area contributed by atoms with Gasteiger partial charge < -0.3 is 0 Å². The van der Waals surface area contributed by atoms with Crippen LogP contribution >= 0.6 is 110 Å². The van der Waals surface area contributed by atoms with Gasteiger partial charge in [0.25, 0.3) is 0 Å². The molecule has 8 bridgehead atoms. The highest BCUT2D eigenvalue weighted by Gasteiger charge is 2.27. The molecular weight excluding hydrogens is 1040 g/mol. The summed E-state index contributed by atoms with van der Waals surface area (Å²) in [6.45, 7) is 28.6. The summed E-state index contributed by atoms with van der Waals surface area (Å²) >= 11 is 35.9. The second-order valence-electron chi connectivity index (χ2n) is 15.2. The van der Waals surface area contributed by atoms with Gasteiger partial charge in [-0.15, -0.1) is 46.4 Å². The zero-order valence-corrected chi connectivity index (χ0v) is 44.9. The third kappa shape index (κ3) is 10.2. The van der Waals surface area contributed by atoms with Gasteiger partial charge >= 0.3 is 0 Å². The highest BCUT2D eigenvalue weighted by atomic mass is 79.9. The largest absolute Gasteiger partial charge is 0.125 e. The molecule has 0 N–H and O–H groups in total. The van der Waals surface area contributed by atoms with Crippen molar-refractivity contribution >= 4 is 110 Å². The zero-order chi connectivity index (χ0) is 42.3. The van der Waals surface area contributed by atoms with E-state index >= 15 is 0 Å². The average molecular weight is 1100 g/mol. The van der Waals surface area contributed by atoms with Crippen LogP contribution in [0.4, 0.5) is 0 Å². The van der Waals surface area contributed by atoms with Gasteiger partial charge in [-0.25, -0.2) is 0 Å². The maximum Gasteiger partial charge on any atom is 0.0359 e. The fourth-order valence-corrected chi connectivity index (χ4v) is 12.6. The minimum Gasteiger partial charge on any atom is -0.125 e. The highest BCUT2D eigenvalue weighted by Crippen LogP contribution is 2.41. The second-order valence-corrected chi connectivity index (χ2v) is 19.0. The Morgan fingerprint density at radius 2 is 0.393 bits per heavy atom. The summed E-state index contributed by atoms with van der Waals surface area (Å²) in [5.41, 5.74) is 35.4. The molecular formula is C48H60Br4Cl4. The molecule has 308 valence electrons. The Morgan fingerprint density at radius 1 is 0.268 bits per heavy atom. The van der Waals surface area contributed by atoms with Crippen LogP contribution in [0.25, 0.3) is 0 Å². The van der Waals surface area contributed by atoms with Crippen LogP contribution in [0.15, 0.2) is 0 Å². The zero-order valence-electron chi connectivity index (χ0n) is 35.5. The Kier molecular flexibility index (Phi) is 20.4. The van der Waals surface area contributed by atoms with E-state index in [1.54, 1.807) is 0 Å². The van der Waals surface area contributed by atoms with Gasteiger partial charge in [-0.05, 0) is 242 Å². The number of rotatable bonds is 6. The first-order chi connectivity index (χ1) is 26.5. The molecule has 5 rings (SSSR count). The molecule has 0 radical (unpaired) electrons. The topological polar surface area (TPSA) is 0 Å². The summed E-state index contributed by atoms with van der Waals surface area (Å²) in [7, 11) is 0. The van der Waals surface area contributed by atoms with Crippen molar-refractivity contribution in [3.8, 4) is 0 Å². The van der Waals surface area contributed by atoms with Gasteiger partial charge in [0.15, 0.2) is 0 Å². The van der Waals surface area contributed by atoms with Crippen LogP contribution in [0.2, 0.25) is 0 Å². The summed E-state index contributed by atoms with van der Waals surface area (Å²) in [6, 6.07) is 0. The van der Waals surface area contributed by atoms with Crippen molar-refractivity contribution in [3.63, 3.8) is 0 Å². The first-order valence-corrected chi connectivity index (χ1v) is 26.0. The van der Waals surface area contributed by atoms with Gasteiger partial charge in [-0.2, -0.15) is 0 Å². The Hall–Kier alpha value is -0.0400. The van der Waals surface area contributed by atoms with E-state index in [4.69, 9.17) is 46.4 Å². The van der Waals surface area contributed by atoms with Crippen LogP contribution in [-0.4, -0.2) is 23.5 Å². The lowest BCUT2D eigenvalue weighted by molar-refractivity contribution is 0.949. The lowest BCUT2D eigenvalue weighted by Gasteiger charge is -2.29.